The van der Waals surface area contributed by atoms with Crippen LogP contribution in [0.25, 0.3) is 0 Å². The number of nitrogens with zero attached hydrogens (tertiary/aromatic N) is 1. The first-order chi connectivity index (χ1) is 18.2. The zero-order chi connectivity index (χ0) is 27.3. The van der Waals surface area contributed by atoms with E-state index in [0.29, 0.717) is 27.7 Å². The van der Waals surface area contributed by atoms with Crippen LogP contribution in [0.1, 0.15) is 12.5 Å². The molecular weight excluding hydrogens is 584 g/mol. The van der Waals surface area contributed by atoms with Crippen LogP contribution in [0.4, 0.5) is 11.4 Å². The summed E-state index contributed by atoms with van der Waals surface area (Å²) in [7, 11) is 0. The third kappa shape index (κ3) is 6.53. The molecule has 3 atom stereocenters. The molecule has 3 unspecified atom stereocenters. The molecule has 2 amide bonds. The van der Waals surface area contributed by atoms with Crippen LogP contribution in [-0.2, 0) is 9.59 Å². The molecule has 7 nitrogen and oxygen atoms in total. The molecule has 0 saturated heterocycles. The van der Waals surface area contributed by atoms with Crippen LogP contribution in [0, 0.1) is 30.1 Å². The standard InChI is InChI=1S/C28H27BrN4O3S2/c1-17-6-3-4-8-22(17)32-26(35)25-24(18-7-5-13-37-15-18)21(14-30)27(33-28(25,2)36)38-16-23(34)31-20-11-9-19(29)10-12-20/h3-13,24-25,33,36H,15-16H2,1-2H3,(H,31,34)(H,32,35). The molecule has 2 heterocycles. The van der Waals surface area contributed by atoms with E-state index in [1.807, 2.05) is 54.8 Å². The second-order valence-electron chi connectivity index (χ2n) is 9.11. The molecule has 0 fully saturated rings. The van der Waals surface area contributed by atoms with Crippen LogP contribution >= 0.6 is 39.5 Å². The monoisotopic (exact) mass is 610 g/mol. The molecule has 2 aliphatic heterocycles. The Morgan fingerprint density at radius 1 is 1.24 bits per heavy atom. The van der Waals surface area contributed by atoms with Crippen molar-refractivity contribution in [3.8, 4) is 6.07 Å². The first-order valence-electron chi connectivity index (χ1n) is 11.9. The number of halogens is 1. The van der Waals surface area contributed by atoms with Gasteiger partial charge in [-0.15, -0.1) is 11.8 Å². The number of amides is 2. The SMILES string of the molecule is Cc1ccccc1NC(=O)C1C(C2=CC=CSC2)C(C#N)=C(SCC(=O)Nc2ccc(Br)cc2)NC1(C)O. The molecular formula is C28H27BrN4O3S2. The lowest BCUT2D eigenvalue weighted by molar-refractivity contribution is -0.133. The van der Waals surface area contributed by atoms with Crippen molar-refractivity contribution in [1.29, 1.82) is 5.26 Å². The maximum atomic E-state index is 13.7. The molecule has 0 bridgehead atoms. The quantitative estimate of drug-likeness (QED) is 0.326. The zero-order valence-corrected chi connectivity index (χ0v) is 24.0. The number of carbonyl (C=O) groups is 2. The predicted molar refractivity (Wildman–Crippen MR) is 158 cm³/mol. The van der Waals surface area contributed by atoms with E-state index in [-0.39, 0.29) is 11.7 Å². The van der Waals surface area contributed by atoms with Crippen molar-refractivity contribution in [2.24, 2.45) is 11.8 Å². The van der Waals surface area contributed by atoms with Gasteiger partial charge in [0.2, 0.25) is 11.8 Å². The van der Waals surface area contributed by atoms with Crippen molar-refractivity contribution in [2.75, 3.05) is 22.1 Å². The molecule has 0 aliphatic carbocycles. The normalized spacial score (nSPS) is 22.7. The summed E-state index contributed by atoms with van der Waals surface area (Å²) in [5, 5.41) is 32.9. The number of carbonyl (C=O) groups excluding carboxylic acids is 2. The molecule has 0 saturated carbocycles. The van der Waals surface area contributed by atoms with Gasteiger partial charge in [-0.3, -0.25) is 9.59 Å². The number of thioether (sulfide) groups is 2. The predicted octanol–water partition coefficient (Wildman–Crippen LogP) is 5.53. The highest BCUT2D eigenvalue weighted by molar-refractivity contribution is 9.10. The smallest absolute Gasteiger partial charge is 0.234 e. The van der Waals surface area contributed by atoms with E-state index in [9.17, 15) is 20.0 Å². The van der Waals surface area contributed by atoms with Crippen LogP contribution in [0.3, 0.4) is 0 Å². The summed E-state index contributed by atoms with van der Waals surface area (Å²) in [6, 6.07) is 16.9. The number of anilines is 2. The molecule has 2 aromatic rings. The number of benzene rings is 2. The van der Waals surface area contributed by atoms with Gasteiger partial charge in [0.25, 0.3) is 0 Å². The Bertz CT molecular complexity index is 1360. The van der Waals surface area contributed by atoms with Crippen LogP contribution in [0.2, 0.25) is 0 Å². The number of hydrogen-bond acceptors (Lipinski definition) is 7. The molecule has 4 rings (SSSR count). The van der Waals surface area contributed by atoms with E-state index in [1.165, 1.54) is 6.92 Å². The van der Waals surface area contributed by atoms with E-state index in [1.54, 1.807) is 30.0 Å². The Labute approximate surface area is 239 Å². The highest BCUT2D eigenvalue weighted by atomic mass is 79.9. The summed E-state index contributed by atoms with van der Waals surface area (Å²) < 4.78 is 0.902. The molecule has 0 radical (unpaired) electrons. The fourth-order valence-electron chi connectivity index (χ4n) is 4.44. The highest BCUT2D eigenvalue weighted by Gasteiger charge is 2.50. The van der Waals surface area contributed by atoms with Gasteiger partial charge < -0.3 is 21.1 Å². The molecule has 2 aliphatic rings. The summed E-state index contributed by atoms with van der Waals surface area (Å²) in [5.41, 5.74) is 1.68. The molecule has 10 heteroatoms. The van der Waals surface area contributed by atoms with Crippen molar-refractivity contribution in [1.82, 2.24) is 5.32 Å². The summed E-state index contributed by atoms with van der Waals surface area (Å²) in [6.07, 6.45) is 3.78. The van der Waals surface area contributed by atoms with Gasteiger partial charge in [0, 0.05) is 27.5 Å². The fourth-order valence-corrected chi connectivity index (χ4v) is 6.42. The third-order valence-electron chi connectivity index (χ3n) is 6.28. The lowest BCUT2D eigenvalue weighted by atomic mass is 9.73. The minimum Gasteiger partial charge on any atom is -0.370 e. The second kappa shape index (κ2) is 12.3. The first kappa shape index (κ1) is 28.0. The van der Waals surface area contributed by atoms with E-state index in [2.05, 4.69) is 37.9 Å². The van der Waals surface area contributed by atoms with Gasteiger partial charge in [-0.2, -0.15) is 5.26 Å². The van der Waals surface area contributed by atoms with Crippen molar-refractivity contribution in [2.45, 2.75) is 19.6 Å². The molecule has 38 heavy (non-hydrogen) atoms. The van der Waals surface area contributed by atoms with Gasteiger partial charge in [-0.25, -0.2) is 0 Å². The Morgan fingerprint density at radius 3 is 2.63 bits per heavy atom. The van der Waals surface area contributed by atoms with Crippen LogP contribution in [-0.4, -0.2) is 34.2 Å². The molecule has 4 N–H and O–H groups in total. The molecule has 2 aromatic carbocycles. The third-order valence-corrected chi connectivity index (χ3v) is 8.67. The lowest BCUT2D eigenvalue weighted by Gasteiger charge is -2.44. The number of nitriles is 1. The van der Waals surface area contributed by atoms with E-state index >= 15 is 0 Å². The van der Waals surface area contributed by atoms with Crippen molar-refractivity contribution >= 4 is 62.6 Å². The maximum Gasteiger partial charge on any atom is 0.234 e. The minimum absolute atomic E-state index is 0.0140. The van der Waals surface area contributed by atoms with Gasteiger partial charge in [0.1, 0.15) is 5.72 Å². The number of aryl methyl sites for hydroxylation is 1. The zero-order valence-electron chi connectivity index (χ0n) is 20.8. The molecule has 0 spiro atoms. The summed E-state index contributed by atoms with van der Waals surface area (Å²) in [6.45, 7) is 3.43. The van der Waals surface area contributed by atoms with E-state index < -0.39 is 23.5 Å². The average Bonchev–Trinajstić information content (AvgIpc) is 2.89. The van der Waals surface area contributed by atoms with Crippen LogP contribution < -0.4 is 16.0 Å². The number of hydrogen-bond donors (Lipinski definition) is 4. The van der Waals surface area contributed by atoms with Gasteiger partial charge in [-0.05, 0) is 55.2 Å². The Hall–Kier alpha value is -2.97. The maximum absolute atomic E-state index is 13.7. The highest BCUT2D eigenvalue weighted by Crippen LogP contribution is 2.44. The lowest BCUT2D eigenvalue weighted by Crippen LogP contribution is -2.59. The van der Waals surface area contributed by atoms with Crippen molar-refractivity contribution < 1.29 is 14.7 Å². The van der Waals surface area contributed by atoms with Gasteiger partial charge in [0.05, 0.1) is 28.3 Å². The Balaban J connectivity index is 1.63. The Kier molecular flexibility index (Phi) is 9.05. The summed E-state index contributed by atoms with van der Waals surface area (Å²) in [5.74, 6) is -1.72. The number of allylic oxidation sites excluding steroid dienone is 3. The second-order valence-corrected chi connectivity index (χ2v) is 11.9. The number of aliphatic hydroxyl groups is 1. The molecule has 196 valence electrons. The topological polar surface area (TPSA) is 114 Å². The van der Waals surface area contributed by atoms with Gasteiger partial charge in [-0.1, -0.05) is 63.6 Å². The number of para-hydroxylation sites is 1. The van der Waals surface area contributed by atoms with Crippen molar-refractivity contribution in [3.63, 3.8) is 0 Å². The number of nitrogens with one attached hydrogen (secondary N) is 3. The number of rotatable bonds is 7. The van der Waals surface area contributed by atoms with Crippen LogP contribution in [0.15, 0.2) is 86.7 Å². The first-order valence-corrected chi connectivity index (χ1v) is 14.7. The van der Waals surface area contributed by atoms with E-state index in [0.717, 1.165) is 27.4 Å². The fraction of sp³-hybridized carbons (Fsp3) is 0.250. The van der Waals surface area contributed by atoms with Crippen molar-refractivity contribution in [3.05, 3.63) is 92.3 Å². The summed E-state index contributed by atoms with van der Waals surface area (Å²) in [4.78, 5) is 26.3. The van der Waals surface area contributed by atoms with Gasteiger partial charge in [0.15, 0.2) is 0 Å². The molecule has 0 aromatic heterocycles. The van der Waals surface area contributed by atoms with Gasteiger partial charge >= 0.3 is 0 Å². The van der Waals surface area contributed by atoms with E-state index in [4.69, 9.17) is 0 Å². The Morgan fingerprint density at radius 2 is 1.97 bits per heavy atom. The largest absolute Gasteiger partial charge is 0.370 e. The summed E-state index contributed by atoms with van der Waals surface area (Å²) >= 11 is 6.06. The average molecular weight is 612 g/mol. The minimum atomic E-state index is -1.69. The van der Waals surface area contributed by atoms with Crippen LogP contribution in [0.5, 0.6) is 0 Å².